The van der Waals surface area contributed by atoms with Gasteiger partial charge in [-0.2, -0.15) is 0 Å². The Labute approximate surface area is 164 Å². The monoisotopic (exact) mass is 384 g/mol. The maximum atomic E-state index is 10.2. The molecular formula is C23H32O3Si. The van der Waals surface area contributed by atoms with Crippen LogP contribution >= 0.6 is 0 Å². The molecule has 1 aliphatic heterocycles. The highest BCUT2D eigenvalue weighted by atomic mass is 28.4. The van der Waals surface area contributed by atoms with Gasteiger partial charge in [-0.05, 0) is 34.7 Å². The van der Waals surface area contributed by atoms with Gasteiger partial charge in [0.25, 0.3) is 8.32 Å². The van der Waals surface area contributed by atoms with Crippen molar-refractivity contribution in [3.63, 3.8) is 0 Å². The van der Waals surface area contributed by atoms with E-state index in [9.17, 15) is 5.11 Å². The Bertz CT molecular complexity index is 657. The molecule has 0 saturated carbocycles. The molecule has 1 N–H and O–H groups in total. The number of ether oxygens (including phenoxy) is 1. The van der Waals surface area contributed by atoms with Crippen molar-refractivity contribution in [1.82, 2.24) is 0 Å². The van der Waals surface area contributed by atoms with Crippen LogP contribution in [0.1, 0.15) is 40.0 Å². The molecule has 2 aromatic carbocycles. The second-order valence-electron chi connectivity index (χ2n) is 8.42. The van der Waals surface area contributed by atoms with E-state index >= 15 is 0 Å². The van der Waals surface area contributed by atoms with E-state index in [-0.39, 0.29) is 17.2 Å². The van der Waals surface area contributed by atoms with Crippen LogP contribution in [0.3, 0.4) is 0 Å². The van der Waals surface area contributed by atoms with Crippen molar-refractivity contribution in [1.29, 1.82) is 0 Å². The van der Waals surface area contributed by atoms with Crippen LogP contribution in [0.2, 0.25) is 5.04 Å². The Morgan fingerprint density at radius 3 is 2.04 bits per heavy atom. The van der Waals surface area contributed by atoms with Crippen LogP contribution in [-0.2, 0) is 9.16 Å². The molecule has 2 atom stereocenters. The first-order valence-electron chi connectivity index (χ1n) is 10.00. The molecule has 3 nitrogen and oxygen atoms in total. The molecule has 1 saturated heterocycles. The third kappa shape index (κ3) is 4.35. The van der Waals surface area contributed by atoms with Gasteiger partial charge < -0.3 is 14.3 Å². The molecule has 3 rings (SSSR count). The summed E-state index contributed by atoms with van der Waals surface area (Å²) in [6.07, 6.45) is 2.00. The van der Waals surface area contributed by atoms with E-state index in [1.807, 2.05) is 0 Å². The maximum absolute atomic E-state index is 10.2. The minimum absolute atomic E-state index is 0.0260. The molecule has 27 heavy (non-hydrogen) atoms. The number of hydrogen-bond acceptors (Lipinski definition) is 3. The van der Waals surface area contributed by atoms with Gasteiger partial charge in [-0.15, -0.1) is 0 Å². The van der Waals surface area contributed by atoms with Gasteiger partial charge in [0.1, 0.15) is 0 Å². The fraction of sp³-hybridized carbons (Fsp3) is 0.478. The van der Waals surface area contributed by atoms with Crippen LogP contribution in [0.4, 0.5) is 0 Å². The summed E-state index contributed by atoms with van der Waals surface area (Å²) in [5.74, 6) is 0. The van der Waals surface area contributed by atoms with E-state index in [4.69, 9.17) is 9.16 Å². The predicted octanol–water partition coefficient (Wildman–Crippen LogP) is 3.49. The highest BCUT2D eigenvalue weighted by Crippen LogP contribution is 2.37. The molecule has 0 spiro atoms. The third-order valence-corrected chi connectivity index (χ3v) is 10.6. The van der Waals surface area contributed by atoms with E-state index in [0.717, 1.165) is 25.9 Å². The SMILES string of the molecule is CC(C)(C)[Si](OCC[C@@H]1OCCC[C@H]1O)(c1ccccc1)c1ccccc1. The second-order valence-corrected chi connectivity index (χ2v) is 12.7. The molecule has 0 amide bonds. The summed E-state index contributed by atoms with van der Waals surface area (Å²) in [4.78, 5) is 0. The lowest BCUT2D eigenvalue weighted by Gasteiger charge is -2.43. The van der Waals surface area contributed by atoms with Crippen LogP contribution in [0.15, 0.2) is 60.7 Å². The maximum Gasteiger partial charge on any atom is 0.261 e. The van der Waals surface area contributed by atoms with Crippen molar-refractivity contribution >= 4 is 18.7 Å². The number of hydrogen-bond donors (Lipinski definition) is 1. The highest BCUT2D eigenvalue weighted by molar-refractivity contribution is 6.99. The fourth-order valence-corrected chi connectivity index (χ4v) is 8.77. The van der Waals surface area contributed by atoms with Gasteiger partial charge >= 0.3 is 0 Å². The van der Waals surface area contributed by atoms with E-state index < -0.39 is 8.32 Å². The van der Waals surface area contributed by atoms with Crippen molar-refractivity contribution in [3.05, 3.63) is 60.7 Å². The normalized spacial score (nSPS) is 21.2. The topological polar surface area (TPSA) is 38.7 Å². The van der Waals surface area contributed by atoms with Crippen LogP contribution in [-0.4, -0.2) is 38.8 Å². The highest BCUT2D eigenvalue weighted by Gasteiger charge is 2.50. The summed E-state index contributed by atoms with van der Waals surface area (Å²) >= 11 is 0. The van der Waals surface area contributed by atoms with Gasteiger partial charge in [-0.3, -0.25) is 0 Å². The van der Waals surface area contributed by atoms with E-state index in [0.29, 0.717) is 6.61 Å². The van der Waals surface area contributed by atoms with Gasteiger partial charge in [0.05, 0.1) is 12.2 Å². The number of aliphatic hydroxyl groups is 1. The van der Waals surface area contributed by atoms with Crippen molar-refractivity contribution in [2.75, 3.05) is 13.2 Å². The Morgan fingerprint density at radius 1 is 1.00 bits per heavy atom. The van der Waals surface area contributed by atoms with Crippen molar-refractivity contribution in [2.24, 2.45) is 0 Å². The average molecular weight is 385 g/mol. The molecule has 0 aromatic heterocycles. The van der Waals surface area contributed by atoms with Gasteiger partial charge in [-0.25, -0.2) is 0 Å². The second kappa shape index (κ2) is 8.70. The summed E-state index contributed by atoms with van der Waals surface area (Å²) in [7, 11) is -2.49. The van der Waals surface area contributed by atoms with Gasteiger partial charge in [0.2, 0.25) is 0 Å². The first-order valence-corrected chi connectivity index (χ1v) is 11.9. The standard InChI is InChI=1S/C23H32O3Si/c1-23(2,3)27(19-11-6-4-7-12-19,20-13-8-5-9-14-20)26-18-16-22-21(24)15-10-17-25-22/h4-9,11-14,21-22,24H,10,15-18H2,1-3H3/t21-,22+/m1/s1. The molecule has 146 valence electrons. The average Bonchev–Trinajstić information content (AvgIpc) is 2.67. The third-order valence-electron chi connectivity index (χ3n) is 5.54. The van der Waals surface area contributed by atoms with E-state index in [1.54, 1.807) is 0 Å². The first-order chi connectivity index (χ1) is 12.9. The largest absolute Gasteiger partial charge is 0.407 e. The Morgan fingerprint density at radius 2 is 1.56 bits per heavy atom. The summed E-state index contributed by atoms with van der Waals surface area (Å²) < 4.78 is 12.7. The van der Waals surface area contributed by atoms with Crippen LogP contribution in [0.5, 0.6) is 0 Å². The molecule has 0 unspecified atom stereocenters. The lowest BCUT2D eigenvalue weighted by Crippen LogP contribution is -2.66. The minimum atomic E-state index is -2.49. The fourth-order valence-electron chi connectivity index (χ4n) is 4.19. The van der Waals surface area contributed by atoms with Crippen LogP contribution in [0, 0.1) is 0 Å². The molecular weight excluding hydrogens is 352 g/mol. The summed E-state index contributed by atoms with van der Waals surface area (Å²) in [5.41, 5.74) is 0. The van der Waals surface area contributed by atoms with Crippen molar-refractivity contribution in [3.8, 4) is 0 Å². The number of benzene rings is 2. The Balaban J connectivity index is 1.92. The Kier molecular flexibility index (Phi) is 6.53. The van der Waals surface area contributed by atoms with E-state index in [1.165, 1.54) is 10.4 Å². The first kappa shape index (κ1) is 20.3. The van der Waals surface area contributed by atoms with Crippen LogP contribution < -0.4 is 10.4 Å². The van der Waals surface area contributed by atoms with Crippen molar-refractivity contribution in [2.45, 2.75) is 57.3 Å². The number of aliphatic hydroxyl groups excluding tert-OH is 1. The molecule has 0 radical (unpaired) electrons. The van der Waals surface area contributed by atoms with E-state index in [2.05, 4.69) is 81.4 Å². The summed E-state index contributed by atoms with van der Waals surface area (Å²) in [5, 5.41) is 12.8. The zero-order chi connectivity index (χ0) is 19.3. The van der Waals surface area contributed by atoms with Gasteiger partial charge in [-0.1, -0.05) is 81.4 Å². The molecule has 0 bridgehead atoms. The zero-order valence-electron chi connectivity index (χ0n) is 16.7. The summed E-state index contributed by atoms with van der Waals surface area (Å²) in [6.45, 7) is 8.18. The minimum Gasteiger partial charge on any atom is -0.407 e. The zero-order valence-corrected chi connectivity index (χ0v) is 17.7. The lowest BCUT2D eigenvalue weighted by molar-refractivity contribution is -0.0809. The predicted molar refractivity (Wildman–Crippen MR) is 113 cm³/mol. The van der Waals surface area contributed by atoms with Gasteiger partial charge in [0.15, 0.2) is 0 Å². The van der Waals surface area contributed by atoms with Crippen molar-refractivity contribution < 1.29 is 14.3 Å². The summed E-state index contributed by atoms with van der Waals surface area (Å²) in [6, 6.07) is 21.3. The molecule has 1 heterocycles. The number of rotatable bonds is 6. The van der Waals surface area contributed by atoms with Gasteiger partial charge in [0, 0.05) is 13.2 Å². The molecule has 0 aliphatic carbocycles. The smallest absolute Gasteiger partial charge is 0.261 e. The lowest BCUT2D eigenvalue weighted by atomic mass is 10.0. The Hall–Kier alpha value is -1.46. The quantitative estimate of drug-likeness (QED) is 0.775. The molecule has 2 aromatic rings. The van der Waals surface area contributed by atoms with Crippen LogP contribution in [0.25, 0.3) is 0 Å². The molecule has 1 aliphatic rings. The molecule has 1 fully saturated rings. The molecule has 4 heteroatoms.